The molecule has 0 fully saturated rings. The molecule has 0 bridgehead atoms. The Kier molecular flexibility index (Phi) is 8.25. The zero-order chi connectivity index (χ0) is 15.5. The highest BCUT2D eigenvalue weighted by atomic mass is 19.2. The highest BCUT2D eigenvalue weighted by Crippen LogP contribution is 2.17. The summed E-state index contributed by atoms with van der Waals surface area (Å²) in [6.45, 7) is 4.00. The van der Waals surface area contributed by atoms with Gasteiger partial charge in [0.1, 0.15) is 0 Å². The minimum Gasteiger partial charge on any atom is -0.261 e. The number of halogens is 2. The van der Waals surface area contributed by atoms with E-state index in [1.807, 2.05) is 26.1 Å². The first-order valence-corrected chi connectivity index (χ1v) is 7.60. The summed E-state index contributed by atoms with van der Waals surface area (Å²) < 4.78 is 23.9. The number of benzene rings is 1. The Bertz CT molecular complexity index is 480. The highest BCUT2D eigenvalue weighted by molar-refractivity contribution is 5.20. The van der Waals surface area contributed by atoms with E-state index in [0.717, 1.165) is 12.1 Å². The van der Waals surface area contributed by atoms with Crippen LogP contribution in [0.5, 0.6) is 0 Å². The van der Waals surface area contributed by atoms with Crippen molar-refractivity contribution in [2.24, 2.45) is 0 Å². The molecule has 3 rings (SSSR count). The molecule has 1 aliphatic carbocycles. The fraction of sp³-hybridized carbons (Fsp3) is 0.389. The molecule has 0 radical (unpaired) electrons. The van der Waals surface area contributed by atoms with Crippen LogP contribution in [-0.2, 0) is 12.8 Å². The second-order valence-corrected chi connectivity index (χ2v) is 4.58. The predicted molar refractivity (Wildman–Crippen MR) is 83.2 cm³/mol. The maximum absolute atomic E-state index is 11.9. The average Bonchev–Trinajstić information content (AvgIpc) is 2.78. The van der Waals surface area contributed by atoms with E-state index in [9.17, 15) is 8.78 Å². The minimum atomic E-state index is -0.799. The topological polar surface area (TPSA) is 12.9 Å². The third kappa shape index (κ3) is 6.03. The van der Waals surface area contributed by atoms with Gasteiger partial charge in [-0.15, -0.1) is 0 Å². The molecule has 1 aromatic heterocycles. The Hall–Kier alpha value is -1.77. The molecule has 3 heteroatoms. The van der Waals surface area contributed by atoms with Gasteiger partial charge in [-0.2, -0.15) is 0 Å². The van der Waals surface area contributed by atoms with Gasteiger partial charge in [0.15, 0.2) is 11.6 Å². The van der Waals surface area contributed by atoms with Crippen LogP contribution in [0.1, 0.15) is 44.4 Å². The van der Waals surface area contributed by atoms with Crippen molar-refractivity contribution in [1.29, 1.82) is 0 Å². The summed E-state index contributed by atoms with van der Waals surface area (Å²) in [4.78, 5) is 4.38. The van der Waals surface area contributed by atoms with Gasteiger partial charge in [-0.25, -0.2) is 8.78 Å². The number of aryl methyl sites for hydroxylation is 2. The number of rotatable bonds is 0. The Labute approximate surface area is 126 Å². The first kappa shape index (κ1) is 17.3. The van der Waals surface area contributed by atoms with Crippen LogP contribution in [0.25, 0.3) is 0 Å². The average molecular weight is 291 g/mol. The fourth-order valence-electron chi connectivity index (χ4n) is 2.15. The molecule has 1 nitrogen and oxygen atoms in total. The van der Waals surface area contributed by atoms with Crippen LogP contribution in [0, 0.1) is 11.6 Å². The van der Waals surface area contributed by atoms with Crippen molar-refractivity contribution < 1.29 is 8.78 Å². The van der Waals surface area contributed by atoms with Crippen LogP contribution < -0.4 is 0 Å². The molecular formula is C18H23F2N. The fourth-order valence-corrected chi connectivity index (χ4v) is 2.15. The van der Waals surface area contributed by atoms with E-state index in [0.29, 0.717) is 0 Å². The van der Waals surface area contributed by atoms with Crippen LogP contribution in [0.4, 0.5) is 8.78 Å². The van der Waals surface area contributed by atoms with Crippen molar-refractivity contribution in [3.05, 3.63) is 65.5 Å². The van der Waals surface area contributed by atoms with Crippen molar-refractivity contribution in [3.63, 3.8) is 0 Å². The van der Waals surface area contributed by atoms with E-state index in [2.05, 4.69) is 11.1 Å². The number of nitrogens with zero attached hydrogens (tertiary/aromatic N) is 1. The SMILES string of the molecule is CC.Fc1ccccc1F.c1cnc2c(c1)CCCCC2. The molecule has 0 saturated heterocycles. The number of aromatic nitrogens is 1. The predicted octanol–water partition coefficient (Wildman–Crippen LogP) is 5.34. The standard InChI is InChI=1S/C10H13N.C6H4F2.C2H6/c1-2-5-9-6-4-8-11-10(9)7-3-1;7-5-3-1-2-4-6(5)8;1-2/h4,6,8H,1-3,5,7H2;1-4H;1-2H3. The molecule has 0 N–H and O–H groups in total. The zero-order valence-electron chi connectivity index (χ0n) is 12.8. The van der Waals surface area contributed by atoms with E-state index >= 15 is 0 Å². The van der Waals surface area contributed by atoms with Crippen molar-refractivity contribution in [2.45, 2.75) is 46.0 Å². The highest BCUT2D eigenvalue weighted by Gasteiger charge is 2.06. The molecule has 0 saturated carbocycles. The summed E-state index contributed by atoms with van der Waals surface area (Å²) >= 11 is 0. The molecular weight excluding hydrogens is 268 g/mol. The summed E-state index contributed by atoms with van der Waals surface area (Å²) in [6.07, 6.45) is 8.38. The lowest BCUT2D eigenvalue weighted by Gasteiger charge is -2.01. The van der Waals surface area contributed by atoms with Gasteiger partial charge in [0.05, 0.1) is 0 Å². The number of hydrogen-bond acceptors (Lipinski definition) is 1. The van der Waals surface area contributed by atoms with Crippen molar-refractivity contribution in [2.75, 3.05) is 0 Å². The smallest absolute Gasteiger partial charge is 0.158 e. The summed E-state index contributed by atoms with van der Waals surface area (Å²) in [5.41, 5.74) is 2.81. The monoisotopic (exact) mass is 291 g/mol. The number of hydrogen-bond donors (Lipinski definition) is 0. The molecule has 0 aliphatic heterocycles. The number of pyridine rings is 1. The Morgan fingerprint density at radius 1 is 0.810 bits per heavy atom. The lowest BCUT2D eigenvalue weighted by atomic mass is 10.1. The third-order valence-corrected chi connectivity index (χ3v) is 3.17. The van der Waals surface area contributed by atoms with Gasteiger partial charge in [-0.3, -0.25) is 4.98 Å². The van der Waals surface area contributed by atoms with Crippen molar-refractivity contribution in [3.8, 4) is 0 Å². The molecule has 0 unspecified atom stereocenters. The van der Waals surface area contributed by atoms with Gasteiger partial charge in [0, 0.05) is 11.9 Å². The third-order valence-electron chi connectivity index (χ3n) is 3.17. The Morgan fingerprint density at radius 3 is 2.05 bits per heavy atom. The van der Waals surface area contributed by atoms with E-state index in [1.165, 1.54) is 55.5 Å². The maximum Gasteiger partial charge on any atom is 0.158 e. The molecule has 1 aliphatic rings. The molecule has 1 heterocycles. The van der Waals surface area contributed by atoms with Gasteiger partial charge in [-0.05, 0) is 49.4 Å². The summed E-state index contributed by atoms with van der Waals surface area (Å²) in [7, 11) is 0. The molecule has 0 spiro atoms. The van der Waals surface area contributed by atoms with Crippen molar-refractivity contribution in [1.82, 2.24) is 4.98 Å². The Balaban J connectivity index is 0.000000196. The van der Waals surface area contributed by atoms with Gasteiger partial charge in [-0.1, -0.05) is 38.5 Å². The maximum atomic E-state index is 11.9. The second kappa shape index (κ2) is 10.0. The van der Waals surface area contributed by atoms with E-state index in [4.69, 9.17) is 0 Å². The van der Waals surface area contributed by atoms with Crippen LogP contribution >= 0.6 is 0 Å². The van der Waals surface area contributed by atoms with E-state index < -0.39 is 11.6 Å². The first-order chi connectivity index (χ1) is 10.3. The second-order valence-electron chi connectivity index (χ2n) is 4.58. The van der Waals surface area contributed by atoms with E-state index in [-0.39, 0.29) is 0 Å². The first-order valence-electron chi connectivity index (χ1n) is 7.60. The summed E-state index contributed by atoms with van der Waals surface area (Å²) in [5.74, 6) is -1.60. The molecule has 0 amide bonds. The van der Waals surface area contributed by atoms with Gasteiger partial charge in [0.25, 0.3) is 0 Å². The Morgan fingerprint density at radius 2 is 1.43 bits per heavy atom. The molecule has 1 aromatic carbocycles. The lowest BCUT2D eigenvalue weighted by molar-refractivity contribution is 0.508. The lowest BCUT2D eigenvalue weighted by Crippen LogP contribution is -1.92. The van der Waals surface area contributed by atoms with Crippen LogP contribution in [0.2, 0.25) is 0 Å². The molecule has 114 valence electrons. The minimum absolute atomic E-state index is 0.799. The van der Waals surface area contributed by atoms with Gasteiger partial charge in [0.2, 0.25) is 0 Å². The van der Waals surface area contributed by atoms with Crippen molar-refractivity contribution >= 4 is 0 Å². The van der Waals surface area contributed by atoms with Crippen LogP contribution in [0.15, 0.2) is 42.6 Å². The van der Waals surface area contributed by atoms with Crippen LogP contribution in [0.3, 0.4) is 0 Å². The van der Waals surface area contributed by atoms with Gasteiger partial charge < -0.3 is 0 Å². The van der Waals surface area contributed by atoms with E-state index in [1.54, 1.807) is 0 Å². The normalized spacial score (nSPS) is 12.8. The zero-order valence-corrected chi connectivity index (χ0v) is 12.8. The quantitative estimate of drug-likeness (QED) is 0.597. The summed E-state index contributed by atoms with van der Waals surface area (Å²) in [6, 6.07) is 9.30. The molecule has 21 heavy (non-hydrogen) atoms. The molecule has 2 aromatic rings. The summed E-state index contributed by atoms with van der Waals surface area (Å²) in [5, 5.41) is 0. The van der Waals surface area contributed by atoms with Crippen LogP contribution in [-0.4, -0.2) is 4.98 Å². The number of fused-ring (bicyclic) bond motifs is 1. The van der Waals surface area contributed by atoms with Gasteiger partial charge >= 0.3 is 0 Å². The molecule has 0 atom stereocenters. The largest absolute Gasteiger partial charge is 0.261 e.